The van der Waals surface area contributed by atoms with Crippen molar-refractivity contribution in [2.75, 3.05) is 19.0 Å². The van der Waals surface area contributed by atoms with Crippen LogP contribution in [-0.4, -0.2) is 41.1 Å². The molecule has 2 amide bonds. The molecule has 2 heterocycles. The number of hydroxylamine groups is 1. The molecule has 0 aliphatic carbocycles. The molecule has 8 nitrogen and oxygen atoms in total. The average molecular weight is 506 g/mol. The second-order valence-electron chi connectivity index (χ2n) is 9.12. The highest BCUT2D eigenvalue weighted by Gasteiger charge is 2.17. The number of amides is 2. The Hall–Kier alpha value is -4.95. The number of anilines is 1. The standard InChI is InChI=1S/C30H27N5O3/c1-35(2)22-14-12-21(13-15-22)28-29-24(23-5-3-4-6-25(23)32-29)17-26(33-28)30(37)31-18-20-9-7-19(8-10-20)11-16-27(36)34-38/h3-17,32,38H,18H2,1-2H3,(H,31,37)(H,34,36)/b16-11+. The number of aromatic amines is 1. The van der Waals surface area contributed by atoms with Crippen LogP contribution in [0.2, 0.25) is 0 Å². The maximum atomic E-state index is 13.3. The van der Waals surface area contributed by atoms with E-state index in [4.69, 9.17) is 10.2 Å². The molecule has 8 heteroatoms. The average Bonchev–Trinajstić information content (AvgIpc) is 3.33. The van der Waals surface area contributed by atoms with Crippen molar-refractivity contribution < 1.29 is 14.8 Å². The second kappa shape index (κ2) is 10.6. The highest BCUT2D eigenvalue weighted by molar-refractivity contribution is 6.13. The van der Waals surface area contributed by atoms with Crippen LogP contribution in [-0.2, 0) is 11.3 Å². The third-order valence-corrected chi connectivity index (χ3v) is 6.36. The Morgan fingerprint density at radius 1 is 0.974 bits per heavy atom. The van der Waals surface area contributed by atoms with Gasteiger partial charge in [-0.05, 0) is 41.5 Å². The molecule has 38 heavy (non-hydrogen) atoms. The number of aromatic nitrogens is 2. The maximum absolute atomic E-state index is 13.3. The Kier molecular flexibility index (Phi) is 6.88. The van der Waals surface area contributed by atoms with E-state index in [1.165, 1.54) is 6.08 Å². The molecule has 0 bridgehead atoms. The maximum Gasteiger partial charge on any atom is 0.270 e. The largest absolute Gasteiger partial charge is 0.378 e. The first kappa shape index (κ1) is 24.7. The molecule has 2 aromatic heterocycles. The number of benzene rings is 3. The van der Waals surface area contributed by atoms with Gasteiger partial charge < -0.3 is 15.2 Å². The van der Waals surface area contributed by atoms with Crippen molar-refractivity contribution >= 4 is 45.4 Å². The SMILES string of the molecule is CN(C)c1ccc(-c2nc(C(=O)NCc3ccc(/C=C/C(=O)NO)cc3)cc3c2[nH]c2ccccc23)cc1. The molecule has 5 rings (SSSR count). The van der Waals surface area contributed by atoms with E-state index in [0.717, 1.165) is 49.9 Å². The van der Waals surface area contributed by atoms with Crippen LogP contribution in [0, 0.1) is 0 Å². The van der Waals surface area contributed by atoms with Crippen LogP contribution in [0.5, 0.6) is 0 Å². The molecule has 0 atom stereocenters. The van der Waals surface area contributed by atoms with Gasteiger partial charge in [-0.1, -0.05) is 54.6 Å². The highest BCUT2D eigenvalue weighted by Crippen LogP contribution is 2.33. The molecule has 4 N–H and O–H groups in total. The van der Waals surface area contributed by atoms with Crippen molar-refractivity contribution in [1.29, 1.82) is 0 Å². The molecule has 0 unspecified atom stereocenters. The Bertz CT molecular complexity index is 1650. The van der Waals surface area contributed by atoms with E-state index in [2.05, 4.69) is 10.3 Å². The van der Waals surface area contributed by atoms with E-state index >= 15 is 0 Å². The number of H-pyrrole nitrogens is 1. The van der Waals surface area contributed by atoms with Gasteiger partial charge in [0.25, 0.3) is 11.8 Å². The van der Waals surface area contributed by atoms with Crippen LogP contribution in [0.3, 0.4) is 0 Å². The molecule has 5 aromatic rings. The van der Waals surface area contributed by atoms with Gasteiger partial charge in [0.15, 0.2) is 0 Å². The number of rotatable bonds is 7. The summed E-state index contributed by atoms with van der Waals surface area (Å²) in [6, 6.07) is 25.3. The number of carbonyl (C=O) groups is 2. The summed E-state index contributed by atoms with van der Waals surface area (Å²) in [7, 11) is 3.99. The van der Waals surface area contributed by atoms with Gasteiger partial charge in [-0.3, -0.25) is 14.8 Å². The molecule has 190 valence electrons. The lowest BCUT2D eigenvalue weighted by atomic mass is 10.1. The predicted octanol–water partition coefficient (Wildman–Crippen LogP) is 4.90. The van der Waals surface area contributed by atoms with Gasteiger partial charge in [0.2, 0.25) is 0 Å². The fourth-order valence-electron chi connectivity index (χ4n) is 4.32. The third kappa shape index (κ3) is 5.11. The molecule has 0 aliphatic heterocycles. The lowest BCUT2D eigenvalue weighted by molar-refractivity contribution is -0.124. The van der Waals surface area contributed by atoms with Gasteiger partial charge >= 0.3 is 0 Å². The fraction of sp³-hybridized carbons (Fsp3) is 0.100. The Morgan fingerprint density at radius 2 is 1.71 bits per heavy atom. The summed E-state index contributed by atoms with van der Waals surface area (Å²) in [6.45, 7) is 0.320. The predicted molar refractivity (Wildman–Crippen MR) is 150 cm³/mol. The van der Waals surface area contributed by atoms with Crippen LogP contribution < -0.4 is 15.7 Å². The lowest BCUT2D eigenvalue weighted by Gasteiger charge is -2.13. The summed E-state index contributed by atoms with van der Waals surface area (Å²) < 4.78 is 0. The fourth-order valence-corrected chi connectivity index (χ4v) is 4.32. The van der Waals surface area contributed by atoms with Crippen molar-refractivity contribution in [1.82, 2.24) is 20.8 Å². The zero-order valence-corrected chi connectivity index (χ0v) is 21.0. The van der Waals surface area contributed by atoms with E-state index in [9.17, 15) is 9.59 Å². The van der Waals surface area contributed by atoms with Crippen molar-refractivity contribution in [2.24, 2.45) is 0 Å². The van der Waals surface area contributed by atoms with Gasteiger partial charge in [-0.2, -0.15) is 0 Å². The number of pyridine rings is 1. The quantitative estimate of drug-likeness (QED) is 0.143. The number of hydrogen-bond acceptors (Lipinski definition) is 5. The monoisotopic (exact) mass is 505 g/mol. The van der Waals surface area contributed by atoms with E-state index in [1.807, 2.05) is 97.9 Å². The topological polar surface area (TPSA) is 110 Å². The first-order valence-corrected chi connectivity index (χ1v) is 12.1. The van der Waals surface area contributed by atoms with Gasteiger partial charge in [-0.15, -0.1) is 0 Å². The summed E-state index contributed by atoms with van der Waals surface area (Å²) >= 11 is 0. The zero-order valence-electron chi connectivity index (χ0n) is 21.0. The normalized spacial score (nSPS) is 11.2. The third-order valence-electron chi connectivity index (χ3n) is 6.36. The van der Waals surface area contributed by atoms with Crippen LogP contribution in [0.1, 0.15) is 21.6 Å². The Morgan fingerprint density at radius 3 is 2.42 bits per heavy atom. The lowest BCUT2D eigenvalue weighted by Crippen LogP contribution is -2.24. The molecule has 0 radical (unpaired) electrons. The van der Waals surface area contributed by atoms with E-state index in [1.54, 1.807) is 11.6 Å². The molecule has 0 aliphatic rings. The van der Waals surface area contributed by atoms with Crippen molar-refractivity contribution in [2.45, 2.75) is 6.54 Å². The molecule has 0 saturated heterocycles. The minimum atomic E-state index is -0.603. The summed E-state index contributed by atoms with van der Waals surface area (Å²) in [5.41, 5.74) is 8.17. The van der Waals surface area contributed by atoms with Gasteiger partial charge in [0.05, 0.1) is 11.2 Å². The second-order valence-corrected chi connectivity index (χ2v) is 9.12. The number of fused-ring (bicyclic) bond motifs is 3. The van der Waals surface area contributed by atoms with Gasteiger partial charge in [0, 0.05) is 54.3 Å². The van der Waals surface area contributed by atoms with Crippen LogP contribution in [0.4, 0.5) is 5.69 Å². The van der Waals surface area contributed by atoms with Crippen LogP contribution in [0.25, 0.3) is 39.1 Å². The van der Waals surface area contributed by atoms with Crippen molar-refractivity contribution in [3.63, 3.8) is 0 Å². The highest BCUT2D eigenvalue weighted by atomic mass is 16.5. The van der Waals surface area contributed by atoms with Crippen molar-refractivity contribution in [3.8, 4) is 11.3 Å². The number of para-hydroxylation sites is 1. The number of hydrogen-bond donors (Lipinski definition) is 4. The van der Waals surface area contributed by atoms with Crippen LogP contribution in [0.15, 0.2) is 84.9 Å². The molecular weight excluding hydrogens is 478 g/mol. The smallest absolute Gasteiger partial charge is 0.270 e. The number of carbonyl (C=O) groups excluding carboxylic acids is 2. The summed E-state index contributed by atoms with van der Waals surface area (Å²) in [5, 5.41) is 13.5. The van der Waals surface area contributed by atoms with Crippen molar-refractivity contribution in [3.05, 3.63) is 102 Å². The zero-order chi connectivity index (χ0) is 26.6. The minimum absolute atomic E-state index is 0.271. The number of nitrogens with zero attached hydrogens (tertiary/aromatic N) is 2. The van der Waals surface area contributed by atoms with Gasteiger partial charge in [0.1, 0.15) is 5.69 Å². The van der Waals surface area contributed by atoms with E-state index < -0.39 is 5.91 Å². The first-order chi connectivity index (χ1) is 18.4. The summed E-state index contributed by atoms with van der Waals surface area (Å²) in [4.78, 5) is 34.7. The number of nitrogens with one attached hydrogen (secondary N) is 3. The first-order valence-electron chi connectivity index (χ1n) is 12.1. The van der Waals surface area contributed by atoms with Crippen LogP contribution >= 0.6 is 0 Å². The minimum Gasteiger partial charge on any atom is -0.378 e. The van der Waals surface area contributed by atoms with E-state index in [0.29, 0.717) is 12.2 Å². The summed E-state index contributed by atoms with van der Waals surface area (Å²) in [6.07, 6.45) is 2.82. The molecule has 0 spiro atoms. The molecule has 0 saturated carbocycles. The summed E-state index contributed by atoms with van der Waals surface area (Å²) in [5.74, 6) is -0.874. The van der Waals surface area contributed by atoms with Gasteiger partial charge in [-0.25, -0.2) is 10.5 Å². The molecular formula is C30H27N5O3. The Balaban J connectivity index is 1.44. The molecule has 0 fully saturated rings. The molecule has 3 aromatic carbocycles. The Labute approximate surface area is 219 Å². The van der Waals surface area contributed by atoms with E-state index in [-0.39, 0.29) is 5.91 Å².